The second-order valence-corrected chi connectivity index (χ2v) is 5.76. The zero-order valence-electron chi connectivity index (χ0n) is 11.8. The first kappa shape index (κ1) is 14.3. The summed E-state index contributed by atoms with van der Waals surface area (Å²) in [6, 6.07) is 14.3. The Bertz CT molecular complexity index is 869. The summed E-state index contributed by atoms with van der Waals surface area (Å²) in [6.07, 6.45) is 3.39. The van der Waals surface area contributed by atoms with Crippen molar-refractivity contribution in [3.63, 3.8) is 0 Å². The van der Waals surface area contributed by atoms with Crippen LogP contribution in [0.3, 0.4) is 0 Å². The molecule has 0 amide bonds. The third-order valence-corrected chi connectivity index (χ3v) is 3.94. The molecule has 5 nitrogen and oxygen atoms in total. The molecule has 0 saturated heterocycles. The van der Waals surface area contributed by atoms with Gasteiger partial charge in [-0.05, 0) is 30.4 Å². The van der Waals surface area contributed by atoms with Crippen molar-refractivity contribution in [1.82, 2.24) is 0 Å². The van der Waals surface area contributed by atoms with E-state index >= 15 is 0 Å². The Morgan fingerprint density at radius 2 is 1.77 bits per heavy atom. The molecule has 2 aromatic rings. The highest BCUT2D eigenvalue weighted by Gasteiger charge is 2.23. The lowest BCUT2D eigenvalue weighted by molar-refractivity contribution is 0.414. The van der Waals surface area contributed by atoms with Gasteiger partial charge in [0.25, 0.3) is 0 Å². The number of para-hydroxylation sites is 2. The number of nitrogens with zero attached hydrogens (tertiary/aromatic N) is 1. The van der Waals surface area contributed by atoms with Gasteiger partial charge in [-0.25, -0.2) is 0 Å². The Labute approximate surface area is 128 Å². The molecular formula is C16H13NO4S. The van der Waals surface area contributed by atoms with E-state index in [0.29, 0.717) is 17.0 Å². The molecule has 0 bridgehead atoms. The average molecular weight is 315 g/mol. The number of hydrogen-bond donors (Lipinski definition) is 0. The first-order valence-electron chi connectivity index (χ1n) is 6.54. The van der Waals surface area contributed by atoms with Gasteiger partial charge in [-0.1, -0.05) is 30.3 Å². The van der Waals surface area contributed by atoms with E-state index < -0.39 is 10.3 Å². The van der Waals surface area contributed by atoms with E-state index in [1.807, 2.05) is 24.3 Å². The second-order valence-electron chi connectivity index (χ2n) is 4.56. The van der Waals surface area contributed by atoms with Crippen LogP contribution in [-0.2, 0) is 10.3 Å². The topological polar surface area (TPSA) is 65.0 Å². The van der Waals surface area contributed by atoms with Crippen LogP contribution in [0.25, 0.3) is 6.08 Å². The maximum Gasteiger partial charge on any atom is 0.429 e. The van der Waals surface area contributed by atoms with Gasteiger partial charge in [0.05, 0.1) is 12.8 Å². The lowest BCUT2D eigenvalue weighted by atomic mass is 10.1. The van der Waals surface area contributed by atoms with Gasteiger partial charge in [0.2, 0.25) is 0 Å². The fourth-order valence-corrected chi connectivity index (χ4v) is 2.96. The van der Waals surface area contributed by atoms with Crippen LogP contribution in [0.4, 0.5) is 0 Å². The van der Waals surface area contributed by atoms with Crippen molar-refractivity contribution in [2.45, 2.75) is 0 Å². The van der Waals surface area contributed by atoms with Crippen LogP contribution in [0.5, 0.6) is 11.5 Å². The fourth-order valence-electron chi connectivity index (χ4n) is 2.15. The minimum Gasteiger partial charge on any atom is -0.496 e. The SMILES string of the molecule is COc1ccccc1/C=C/C1=NS(=O)(=O)Oc2ccccc21. The highest BCUT2D eigenvalue weighted by atomic mass is 32.2. The number of ether oxygens (including phenoxy) is 1. The predicted octanol–water partition coefficient (Wildman–Crippen LogP) is 2.83. The van der Waals surface area contributed by atoms with Crippen LogP contribution in [0.15, 0.2) is 59.0 Å². The van der Waals surface area contributed by atoms with Crippen LogP contribution in [0.1, 0.15) is 11.1 Å². The number of allylic oxidation sites excluding steroid dienone is 1. The number of rotatable bonds is 3. The van der Waals surface area contributed by atoms with E-state index in [1.165, 1.54) is 0 Å². The minimum absolute atomic E-state index is 0.275. The van der Waals surface area contributed by atoms with E-state index in [-0.39, 0.29) is 5.75 Å². The molecule has 1 heterocycles. The fraction of sp³-hybridized carbons (Fsp3) is 0.0625. The first-order valence-corrected chi connectivity index (χ1v) is 7.90. The van der Waals surface area contributed by atoms with Crippen molar-refractivity contribution in [2.75, 3.05) is 7.11 Å². The van der Waals surface area contributed by atoms with Crippen molar-refractivity contribution in [3.05, 3.63) is 65.7 Å². The Morgan fingerprint density at radius 3 is 2.59 bits per heavy atom. The smallest absolute Gasteiger partial charge is 0.429 e. The summed E-state index contributed by atoms with van der Waals surface area (Å²) in [6.45, 7) is 0. The standard InChI is InChI=1S/C16H13NO4S/c1-20-15-8-4-2-6-12(15)10-11-14-13-7-3-5-9-16(13)21-22(18,19)17-14/h2-11H,1H3/b11-10+. The lowest BCUT2D eigenvalue weighted by Crippen LogP contribution is -2.17. The molecule has 3 rings (SSSR count). The molecule has 2 aromatic carbocycles. The average Bonchev–Trinajstić information content (AvgIpc) is 2.51. The summed E-state index contributed by atoms with van der Waals surface area (Å²) in [5.41, 5.74) is 1.78. The summed E-state index contributed by atoms with van der Waals surface area (Å²) in [5.74, 6) is 0.972. The third-order valence-electron chi connectivity index (χ3n) is 3.13. The van der Waals surface area contributed by atoms with Gasteiger partial charge < -0.3 is 8.92 Å². The molecule has 0 atom stereocenters. The molecule has 1 aliphatic rings. The maximum atomic E-state index is 11.7. The Kier molecular flexibility index (Phi) is 3.68. The molecule has 22 heavy (non-hydrogen) atoms. The van der Waals surface area contributed by atoms with Gasteiger partial charge in [0.1, 0.15) is 5.75 Å². The van der Waals surface area contributed by atoms with E-state index in [2.05, 4.69) is 4.40 Å². The zero-order valence-corrected chi connectivity index (χ0v) is 12.6. The molecule has 0 radical (unpaired) electrons. The van der Waals surface area contributed by atoms with Crippen molar-refractivity contribution >= 4 is 22.1 Å². The van der Waals surface area contributed by atoms with Gasteiger partial charge in [0, 0.05) is 11.1 Å². The molecule has 0 fully saturated rings. The Balaban J connectivity index is 2.04. The van der Waals surface area contributed by atoms with Gasteiger partial charge >= 0.3 is 10.3 Å². The number of hydrogen-bond acceptors (Lipinski definition) is 4. The van der Waals surface area contributed by atoms with Gasteiger partial charge in [0.15, 0.2) is 5.75 Å². The highest BCUT2D eigenvalue weighted by Crippen LogP contribution is 2.27. The summed E-state index contributed by atoms with van der Waals surface area (Å²) in [5, 5.41) is 0. The van der Waals surface area contributed by atoms with Gasteiger partial charge in [-0.2, -0.15) is 8.42 Å². The normalized spacial score (nSPS) is 15.8. The van der Waals surface area contributed by atoms with Crippen LogP contribution >= 0.6 is 0 Å². The number of fused-ring (bicyclic) bond motifs is 1. The quantitative estimate of drug-likeness (QED) is 0.873. The van der Waals surface area contributed by atoms with Crippen LogP contribution in [0, 0.1) is 0 Å². The Hall–Kier alpha value is -2.60. The second kappa shape index (κ2) is 5.65. The minimum atomic E-state index is -3.96. The predicted molar refractivity (Wildman–Crippen MR) is 84.6 cm³/mol. The Morgan fingerprint density at radius 1 is 1.05 bits per heavy atom. The monoisotopic (exact) mass is 315 g/mol. The summed E-state index contributed by atoms with van der Waals surface area (Å²) in [4.78, 5) is 0. The van der Waals surface area contributed by atoms with Crippen molar-refractivity contribution in [3.8, 4) is 11.5 Å². The number of methoxy groups -OCH3 is 1. The molecule has 0 N–H and O–H groups in total. The van der Waals surface area contributed by atoms with E-state index in [4.69, 9.17) is 8.92 Å². The van der Waals surface area contributed by atoms with Crippen LogP contribution in [0.2, 0.25) is 0 Å². The zero-order chi connectivity index (χ0) is 15.6. The summed E-state index contributed by atoms with van der Waals surface area (Å²) >= 11 is 0. The molecule has 0 aromatic heterocycles. The highest BCUT2D eigenvalue weighted by molar-refractivity contribution is 7.86. The lowest BCUT2D eigenvalue weighted by Gasteiger charge is -2.14. The van der Waals surface area contributed by atoms with E-state index in [9.17, 15) is 8.42 Å². The van der Waals surface area contributed by atoms with Gasteiger partial charge in [-0.3, -0.25) is 0 Å². The van der Waals surface area contributed by atoms with Crippen molar-refractivity contribution < 1.29 is 17.3 Å². The van der Waals surface area contributed by atoms with E-state index in [0.717, 1.165) is 5.56 Å². The molecule has 0 spiro atoms. The third kappa shape index (κ3) is 2.87. The van der Waals surface area contributed by atoms with Gasteiger partial charge in [-0.15, -0.1) is 4.40 Å². The molecule has 0 saturated carbocycles. The molecule has 0 aliphatic carbocycles. The van der Waals surface area contributed by atoms with E-state index in [1.54, 1.807) is 43.5 Å². The maximum absolute atomic E-state index is 11.7. The first-order chi connectivity index (χ1) is 10.6. The molecule has 1 aliphatic heterocycles. The van der Waals surface area contributed by atoms with Crippen LogP contribution < -0.4 is 8.92 Å². The van der Waals surface area contributed by atoms with Crippen molar-refractivity contribution in [1.29, 1.82) is 0 Å². The largest absolute Gasteiger partial charge is 0.496 e. The molecular weight excluding hydrogens is 302 g/mol. The summed E-state index contributed by atoms with van der Waals surface area (Å²) < 4.78 is 37.2. The molecule has 6 heteroatoms. The molecule has 0 unspecified atom stereocenters. The van der Waals surface area contributed by atoms with Crippen molar-refractivity contribution in [2.24, 2.45) is 4.40 Å². The summed E-state index contributed by atoms with van der Waals surface area (Å²) in [7, 11) is -2.38. The molecule has 112 valence electrons. The number of benzene rings is 2. The van der Waals surface area contributed by atoms with Crippen LogP contribution in [-0.4, -0.2) is 21.2 Å².